The molecule has 0 unspecified atom stereocenters. The lowest BCUT2D eigenvalue weighted by atomic mass is 9.84. The summed E-state index contributed by atoms with van der Waals surface area (Å²) in [6, 6.07) is 1.60. The Morgan fingerprint density at radius 3 is 2.56 bits per heavy atom. The smallest absolute Gasteiger partial charge is 0.370 e. The molecule has 12 heteroatoms. The summed E-state index contributed by atoms with van der Waals surface area (Å²) in [5, 5.41) is 2.26. The molecule has 1 atom stereocenters. The number of carbonyl (C=O) groups excluding carboxylic acids is 3. The third-order valence-corrected chi connectivity index (χ3v) is 5.47. The first kappa shape index (κ1) is 23.9. The van der Waals surface area contributed by atoms with E-state index >= 15 is 0 Å². The van der Waals surface area contributed by atoms with E-state index in [0.29, 0.717) is 12.8 Å². The maximum Gasteiger partial charge on any atom is 0.401 e. The molecule has 1 aromatic rings. The van der Waals surface area contributed by atoms with E-state index in [0.717, 1.165) is 17.4 Å². The summed E-state index contributed by atoms with van der Waals surface area (Å²) >= 11 is 0. The summed E-state index contributed by atoms with van der Waals surface area (Å²) in [6.45, 7) is -1.38. The third-order valence-electron chi connectivity index (χ3n) is 5.47. The predicted octanol–water partition coefficient (Wildman–Crippen LogP) is 1.65. The molecule has 8 nitrogen and oxygen atoms in total. The van der Waals surface area contributed by atoms with Crippen LogP contribution in [0.3, 0.4) is 0 Å². The molecular formula is C20H24F4N4O4. The summed E-state index contributed by atoms with van der Waals surface area (Å²) in [4.78, 5) is 38.4. The average Bonchev–Trinajstić information content (AvgIpc) is 2.64. The Balaban J connectivity index is 1.76. The number of rotatable bonds is 8. The summed E-state index contributed by atoms with van der Waals surface area (Å²) < 4.78 is 58.8. The molecule has 3 rings (SSSR count). The van der Waals surface area contributed by atoms with Crippen molar-refractivity contribution in [1.29, 1.82) is 0 Å². The molecule has 0 radical (unpaired) electrons. The van der Waals surface area contributed by atoms with E-state index in [1.165, 1.54) is 17.0 Å². The van der Waals surface area contributed by atoms with Crippen molar-refractivity contribution in [1.82, 2.24) is 4.90 Å². The van der Waals surface area contributed by atoms with Crippen LogP contribution in [0.15, 0.2) is 18.2 Å². The van der Waals surface area contributed by atoms with E-state index in [9.17, 15) is 31.9 Å². The molecule has 1 aromatic carbocycles. The molecule has 0 aromatic heterocycles. The maximum absolute atomic E-state index is 14.6. The number of carbonyl (C=O) groups is 3. The quantitative estimate of drug-likeness (QED) is 0.454. The van der Waals surface area contributed by atoms with Crippen LogP contribution in [-0.2, 0) is 19.1 Å². The van der Waals surface area contributed by atoms with Crippen molar-refractivity contribution in [2.45, 2.75) is 31.5 Å². The molecular weight excluding hydrogens is 436 g/mol. The van der Waals surface area contributed by atoms with Crippen molar-refractivity contribution < 1.29 is 36.7 Å². The Morgan fingerprint density at radius 1 is 1.31 bits per heavy atom. The van der Waals surface area contributed by atoms with E-state index < -0.39 is 42.3 Å². The Kier molecular flexibility index (Phi) is 7.34. The number of morpholine rings is 1. The van der Waals surface area contributed by atoms with Gasteiger partial charge in [-0.3, -0.25) is 19.3 Å². The molecule has 176 valence electrons. The van der Waals surface area contributed by atoms with Crippen molar-refractivity contribution >= 4 is 29.1 Å². The monoisotopic (exact) mass is 460 g/mol. The minimum Gasteiger partial charge on any atom is -0.370 e. The first-order valence-corrected chi connectivity index (χ1v) is 10.1. The molecule has 2 aliphatic rings. The molecule has 1 aliphatic carbocycles. The van der Waals surface area contributed by atoms with E-state index in [1.807, 2.05) is 0 Å². The van der Waals surface area contributed by atoms with Gasteiger partial charge in [0.1, 0.15) is 12.4 Å². The zero-order valence-corrected chi connectivity index (χ0v) is 17.2. The maximum atomic E-state index is 14.6. The van der Waals surface area contributed by atoms with Crippen LogP contribution in [0.1, 0.15) is 19.3 Å². The molecule has 32 heavy (non-hydrogen) atoms. The van der Waals surface area contributed by atoms with Crippen LogP contribution in [0, 0.1) is 11.7 Å². The van der Waals surface area contributed by atoms with Gasteiger partial charge in [0.05, 0.1) is 18.8 Å². The second-order valence-corrected chi connectivity index (χ2v) is 7.90. The van der Waals surface area contributed by atoms with Gasteiger partial charge < -0.3 is 20.7 Å². The highest BCUT2D eigenvalue weighted by Gasteiger charge is 2.40. The highest BCUT2D eigenvalue weighted by molar-refractivity contribution is 6.09. The Hall–Kier alpha value is -2.73. The fourth-order valence-electron chi connectivity index (χ4n) is 3.76. The van der Waals surface area contributed by atoms with E-state index in [2.05, 4.69) is 5.32 Å². The van der Waals surface area contributed by atoms with Crippen LogP contribution >= 0.6 is 0 Å². The number of nitrogens with one attached hydrogen (secondary N) is 1. The number of halogens is 4. The number of benzene rings is 1. The van der Waals surface area contributed by atoms with Gasteiger partial charge in [-0.15, -0.1) is 0 Å². The number of anilines is 2. The van der Waals surface area contributed by atoms with Gasteiger partial charge in [0, 0.05) is 18.8 Å². The van der Waals surface area contributed by atoms with Crippen molar-refractivity contribution in [3.8, 4) is 0 Å². The standard InChI is InChI=1S/C20H24F4N4O4/c21-14-8-13(4-5-15(14)28-6-7-32-10-16(28)29)26-19(31)17(18(25)30)27(11-20(22,23)24)9-12-2-1-3-12/h4-5,8,12,17H,1-3,6-7,9-11H2,(H2,25,30)(H,26,31)/t17-/m0/s1. The number of nitrogens with zero attached hydrogens (tertiary/aromatic N) is 2. The van der Waals surface area contributed by atoms with Gasteiger partial charge in [-0.25, -0.2) is 4.39 Å². The first-order valence-electron chi connectivity index (χ1n) is 10.1. The van der Waals surface area contributed by atoms with Crippen molar-refractivity contribution in [2.24, 2.45) is 11.7 Å². The van der Waals surface area contributed by atoms with Gasteiger partial charge >= 0.3 is 6.18 Å². The number of ether oxygens (including phenoxy) is 1. The number of amides is 3. The molecule has 1 saturated carbocycles. The van der Waals surface area contributed by atoms with Crippen LogP contribution in [0.2, 0.25) is 0 Å². The highest BCUT2D eigenvalue weighted by Crippen LogP contribution is 2.30. The summed E-state index contributed by atoms with van der Waals surface area (Å²) in [6.07, 6.45) is -2.37. The van der Waals surface area contributed by atoms with E-state index in [1.54, 1.807) is 0 Å². The Bertz CT molecular complexity index is 876. The largest absolute Gasteiger partial charge is 0.401 e. The molecule has 3 N–H and O–H groups in total. The van der Waals surface area contributed by atoms with Crippen molar-refractivity contribution in [3.05, 3.63) is 24.0 Å². The highest BCUT2D eigenvalue weighted by atomic mass is 19.4. The fourth-order valence-corrected chi connectivity index (χ4v) is 3.76. The molecule has 0 bridgehead atoms. The summed E-state index contributed by atoms with van der Waals surface area (Å²) in [5.74, 6) is -3.64. The number of hydrogen-bond donors (Lipinski definition) is 2. The van der Waals surface area contributed by atoms with E-state index in [4.69, 9.17) is 10.5 Å². The normalized spacial score (nSPS) is 18.4. The molecule has 1 heterocycles. The van der Waals surface area contributed by atoms with Crippen LogP contribution in [0.25, 0.3) is 0 Å². The minimum atomic E-state index is -4.64. The average molecular weight is 460 g/mol. The van der Waals surface area contributed by atoms with Crippen LogP contribution in [0.4, 0.5) is 28.9 Å². The van der Waals surface area contributed by atoms with Gasteiger partial charge in [0.2, 0.25) is 5.91 Å². The Morgan fingerprint density at radius 2 is 2.03 bits per heavy atom. The van der Waals surface area contributed by atoms with Gasteiger partial charge in [0.15, 0.2) is 6.04 Å². The van der Waals surface area contributed by atoms with Crippen LogP contribution in [-0.4, -0.2) is 67.7 Å². The summed E-state index contributed by atoms with van der Waals surface area (Å²) in [7, 11) is 0. The fraction of sp³-hybridized carbons (Fsp3) is 0.550. The van der Waals surface area contributed by atoms with Crippen molar-refractivity contribution in [2.75, 3.05) is 43.1 Å². The first-order chi connectivity index (χ1) is 15.0. The van der Waals surface area contributed by atoms with E-state index in [-0.39, 0.29) is 43.6 Å². The SMILES string of the molecule is NC(=O)[C@@H](C(=O)Nc1ccc(N2CCOCC2=O)c(F)c1)N(CC1CCC1)CC(F)(F)F. The lowest BCUT2D eigenvalue weighted by Crippen LogP contribution is -2.56. The van der Waals surface area contributed by atoms with Gasteiger partial charge in [-0.1, -0.05) is 6.42 Å². The number of nitrogens with two attached hydrogens (primary N) is 1. The molecule has 1 saturated heterocycles. The second-order valence-electron chi connectivity index (χ2n) is 7.90. The van der Waals surface area contributed by atoms with Crippen molar-refractivity contribution in [3.63, 3.8) is 0 Å². The lowest BCUT2D eigenvalue weighted by Gasteiger charge is -2.35. The second kappa shape index (κ2) is 9.82. The Labute approximate surface area is 181 Å². The topological polar surface area (TPSA) is 105 Å². The van der Waals surface area contributed by atoms with Gasteiger partial charge in [0.25, 0.3) is 11.8 Å². The van der Waals surface area contributed by atoms with Gasteiger partial charge in [-0.2, -0.15) is 13.2 Å². The van der Waals surface area contributed by atoms with Crippen LogP contribution < -0.4 is 16.0 Å². The zero-order chi connectivity index (χ0) is 23.5. The summed E-state index contributed by atoms with van der Waals surface area (Å²) in [5.41, 5.74) is 5.17. The molecule has 1 aliphatic heterocycles. The number of alkyl halides is 3. The molecule has 2 fully saturated rings. The zero-order valence-electron chi connectivity index (χ0n) is 17.2. The minimum absolute atomic E-state index is 0.0218. The van der Waals surface area contributed by atoms with Gasteiger partial charge in [-0.05, 0) is 37.0 Å². The molecule has 3 amide bonds. The number of primary amides is 1. The third kappa shape index (κ3) is 5.94. The number of hydrogen-bond acceptors (Lipinski definition) is 5. The molecule has 0 spiro atoms. The predicted molar refractivity (Wildman–Crippen MR) is 106 cm³/mol. The van der Waals surface area contributed by atoms with Crippen LogP contribution in [0.5, 0.6) is 0 Å². The lowest BCUT2D eigenvalue weighted by molar-refractivity contribution is -0.159.